The highest BCUT2D eigenvalue weighted by Gasteiger charge is 2.31. The lowest BCUT2D eigenvalue weighted by Gasteiger charge is -2.30. The van der Waals surface area contributed by atoms with Crippen LogP contribution in [-0.2, 0) is 20.6 Å². The van der Waals surface area contributed by atoms with Gasteiger partial charge in [-0.15, -0.1) is 0 Å². The fraction of sp³-hybridized carbons (Fsp3) is 0.409. The van der Waals surface area contributed by atoms with Gasteiger partial charge in [0.15, 0.2) is 0 Å². The van der Waals surface area contributed by atoms with Crippen molar-refractivity contribution in [3.8, 4) is 5.75 Å². The summed E-state index contributed by atoms with van der Waals surface area (Å²) in [5.41, 5.74) is 1.38. The Hall–Kier alpha value is -1.90. The number of amides is 1. The van der Waals surface area contributed by atoms with Gasteiger partial charge in [0.05, 0.1) is 17.5 Å². The fourth-order valence-electron chi connectivity index (χ4n) is 3.49. The van der Waals surface area contributed by atoms with Gasteiger partial charge in [-0.05, 0) is 56.5 Å². The summed E-state index contributed by atoms with van der Waals surface area (Å²) in [4.78, 5) is 12.8. The number of carbonyl (C=O) groups is 1. The lowest BCUT2D eigenvalue weighted by atomic mass is 9.97. The first-order valence-corrected chi connectivity index (χ1v) is 12.4. The Labute approximate surface area is 186 Å². The zero-order chi connectivity index (χ0) is 21.7. The average molecular weight is 495 g/mol. The van der Waals surface area contributed by atoms with Gasteiger partial charge in [0, 0.05) is 23.5 Å². The van der Waals surface area contributed by atoms with E-state index in [1.54, 1.807) is 6.07 Å². The molecule has 0 unspecified atom stereocenters. The van der Waals surface area contributed by atoms with Gasteiger partial charge in [0.1, 0.15) is 5.75 Å². The third-order valence-corrected chi connectivity index (χ3v) is 7.31. The molecule has 1 heterocycles. The number of nitrogens with zero attached hydrogens (tertiary/aromatic N) is 1. The van der Waals surface area contributed by atoms with Gasteiger partial charge in [0.2, 0.25) is 15.9 Å². The number of carbonyl (C=O) groups excluding carboxylic acids is 1. The Bertz CT molecular complexity index is 986. The number of sulfonamides is 1. The second-order valence-electron chi connectivity index (χ2n) is 7.71. The van der Waals surface area contributed by atoms with Crippen molar-refractivity contribution in [3.05, 3.63) is 58.6 Å². The first-order valence-electron chi connectivity index (χ1n) is 10.0. The highest BCUT2D eigenvalue weighted by molar-refractivity contribution is 9.10. The van der Waals surface area contributed by atoms with Crippen LogP contribution in [0.5, 0.6) is 5.75 Å². The van der Waals surface area contributed by atoms with Crippen molar-refractivity contribution in [3.63, 3.8) is 0 Å². The molecular formula is C22H27BrN2O4S. The Morgan fingerprint density at radius 1 is 1.17 bits per heavy atom. The molecule has 1 amide bonds. The minimum Gasteiger partial charge on any atom is -0.489 e. The zero-order valence-electron chi connectivity index (χ0n) is 17.2. The average Bonchev–Trinajstić information content (AvgIpc) is 2.69. The quantitative estimate of drug-likeness (QED) is 0.617. The molecule has 0 aliphatic carbocycles. The number of ether oxygens (including phenoxy) is 1. The molecule has 0 bridgehead atoms. The zero-order valence-corrected chi connectivity index (χ0v) is 19.6. The second-order valence-corrected chi connectivity index (χ2v) is 10.6. The van der Waals surface area contributed by atoms with Crippen molar-refractivity contribution >= 4 is 37.5 Å². The third kappa shape index (κ3) is 6.06. The molecule has 0 spiro atoms. The molecular weight excluding hydrogens is 468 g/mol. The summed E-state index contributed by atoms with van der Waals surface area (Å²) in [5, 5.41) is 2.95. The van der Waals surface area contributed by atoms with Crippen LogP contribution in [0, 0.1) is 5.92 Å². The van der Waals surface area contributed by atoms with E-state index in [1.165, 1.54) is 4.31 Å². The number of nitrogens with one attached hydrogen (secondary N) is 1. The van der Waals surface area contributed by atoms with E-state index in [9.17, 15) is 13.2 Å². The Morgan fingerprint density at radius 3 is 2.53 bits per heavy atom. The summed E-state index contributed by atoms with van der Waals surface area (Å²) in [5.74, 6) is 0.270. The molecule has 1 aliphatic heterocycles. The summed E-state index contributed by atoms with van der Waals surface area (Å²) in [7, 11) is -3.42. The van der Waals surface area contributed by atoms with E-state index in [2.05, 4.69) is 21.2 Å². The molecule has 6 nitrogen and oxygen atoms in total. The standard InChI is InChI=1S/C22H27BrN2O4S/c1-16(2)29-21-9-4-3-8-20(21)24-22(26)18-10-12-25(13-11-18)30(27,28)15-17-6-5-7-19(23)14-17/h3-9,14,16,18H,10-13,15H2,1-2H3,(H,24,26). The fourth-order valence-corrected chi connectivity index (χ4v) is 5.48. The molecule has 30 heavy (non-hydrogen) atoms. The maximum Gasteiger partial charge on any atom is 0.227 e. The number of hydrogen-bond acceptors (Lipinski definition) is 4. The van der Waals surface area contributed by atoms with Gasteiger partial charge in [-0.25, -0.2) is 12.7 Å². The molecule has 1 fully saturated rings. The number of anilines is 1. The van der Waals surface area contributed by atoms with E-state index in [4.69, 9.17) is 4.74 Å². The maximum atomic E-state index is 12.8. The van der Waals surface area contributed by atoms with Crippen molar-refractivity contribution in [1.82, 2.24) is 4.31 Å². The highest BCUT2D eigenvalue weighted by atomic mass is 79.9. The first-order chi connectivity index (χ1) is 14.2. The number of halogens is 1. The smallest absolute Gasteiger partial charge is 0.227 e. The normalized spacial score (nSPS) is 15.9. The van der Waals surface area contributed by atoms with Gasteiger partial charge in [0.25, 0.3) is 0 Å². The minimum absolute atomic E-state index is 0.00161. The molecule has 2 aromatic carbocycles. The molecule has 0 radical (unpaired) electrons. The topological polar surface area (TPSA) is 75.7 Å². The van der Waals surface area contributed by atoms with Crippen LogP contribution in [0.3, 0.4) is 0 Å². The van der Waals surface area contributed by atoms with Crippen LogP contribution < -0.4 is 10.1 Å². The van der Waals surface area contributed by atoms with E-state index in [1.807, 2.05) is 56.3 Å². The van der Waals surface area contributed by atoms with Gasteiger partial charge in [-0.2, -0.15) is 0 Å². The van der Waals surface area contributed by atoms with Crippen LogP contribution in [0.15, 0.2) is 53.0 Å². The Kier molecular flexibility index (Phi) is 7.55. The summed E-state index contributed by atoms with van der Waals surface area (Å²) >= 11 is 3.37. The van der Waals surface area contributed by atoms with Crippen LogP contribution in [0.2, 0.25) is 0 Å². The van der Waals surface area contributed by atoms with Gasteiger partial charge in [-0.3, -0.25) is 4.79 Å². The van der Waals surface area contributed by atoms with E-state index in [0.717, 1.165) is 10.0 Å². The number of para-hydroxylation sites is 2. The molecule has 1 aliphatic rings. The molecule has 0 saturated carbocycles. The SMILES string of the molecule is CC(C)Oc1ccccc1NC(=O)C1CCN(S(=O)(=O)Cc2cccc(Br)c2)CC1. The molecule has 3 rings (SSSR count). The van der Waals surface area contributed by atoms with Gasteiger partial charge < -0.3 is 10.1 Å². The summed E-state index contributed by atoms with van der Waals surface area (Å²) in [6.45, 7) is 4.56. The van der Waals surface area contributed by atoms with Crippen LogP contribution in [0.1, 0.15) is 32.3 Å². The van der Waals surface area contributed by atoms with Gasteiger partial charge >= 0.3 is 0 Å². The van der Waals surface area contributed by atoms with Crippen LogP contribution in [0.4, 0.5) is 5.69 Å². The van der Waals surface area contributed by atoms with Crippen molar-refractivity contribution in [2.75, 3.05) is 18.4 Å². The number of piperidine rings is 1. The highest BCUT2D eigenvalue weighted by Crippen LogP contribution is 2.28. The lowest BCUT2D eigenvalue weighted by Crippen LogP contribution is -2.41. The van der Waals surface area contributed by atoms with E-state index >= 15 is 0 Å². The molecule has 1 N–H and O–H groups in total. The molecule has 0 aromatic heterocycles. The van der Waals surface area contributed by atoms with Crippen molar-refractivity contribution in [1.29, 1.82) is 0 Å². The second kappa shape index (κ2) is 9.94. The molecule has 0 atom stereocenters. The third-order valence-electron chi connectivity index (χ3n) is 4.96. The van der Waals surface area contributed by atoms with Crippen LogP contribution in [-0.4, -0.2) is 37.8 Å². The Balaban J connectivity index is 1.58. The van der Waals surface area contributed by atoms with Gasteiger partial charge in [-0.1, -0.05) is 40.2 Å². The lowest BCUT2D eigenvalue weighted by molar-refractivity contribution is -0.120. The Morgan fingerprint density at radius 2 is 1.87 bits per heavy atom. The van der Waals surface area contributed by atoms with Crippen LogP contribution in [0.25, 0.3) is 0 Å². The van der Waals surface area contributed by atoms with E-state index in [-0.39, 0.29) is 23.7 Å². The number of hydrogen-bond donors (Lipinski definition) is 1. The van der Waals surface area contributed by atoms with Crippen LogP contribution >= 0.6 is 15.9 Å². The van der Waals surface area contributed by atoms with E-state index < -0.39 is 10.0 Å². The molecule has 162 valence electrons. The predicted octanol–water partition coefficient (Wildman–Crippen LogP) is 4.42. The molecule has 8 heteroatoms. The van der Waals surface area contributed by atoms with Crippen molar-refractivity contribution in [2.24, 2.45) is 5.92 Å². The molecule has 1 saturated heterocycles. The monoisotopic (exact) mass is 494 g/mol. The van der Waals surface area contributed by atoms with Crippen molar-refractivity contribution in [2.45, 2.75) is 38.5 Å². The van der Waals surface area contributed by atoms with Crippen molar-refractivity contribution < 1.29 is 17.9 Å². The number of benzene rings is 2. The summed E-state index contributed by atoms with van der Waals surface area (Å²) in [6, 6.07) is 14.7. The predicted molar refractivity (Wildman–Crippen MR) is 122 cm³/mol. The maximum absolute atomic E-state index is 12.8. The first kappa shape index (κ1) is 22.8. The summed E-state index contributed by atoms with van der Waals surface area (Å²) < 4.78 is 33.7. The minimum atomic E-state index is -3.42. The summed E-state index contributed by atoms with van der Waals surface area (Å²) in [6.07, 6.45) is 0.995. The largest absolute Gasteiger partial charge is 0.489 e. The number of rotatable bonds is 7. The van der Waals surface area contributed by atoms with E-state index in [0.29, 0.717) is 37.4 Å². The molecule has 2 aromatic rings.